The lowest BCUT2D eigenvalue weighted by atomic mass is 10.4. The molecule has 0 saturated carbocycles. The molecule has 0 fully saturated rings. The summed E-state index contributed by atoms with van der Waals surface area (Å²) in [5.74, 6) is -0.981. The molecule has 1 rings (SSSR count). The molecule has 0 radical (unpaired) electrons. The molecule has 0 atom stereocenters. The van der Waals surface area contributed by atoms with Crippen LogP contribution in [0.5, 0.6) is 0 Å². The average molecular weight is 276 g/mol. The molecule has 3 heteroatoms. The largest absolute Gasteiger partial charge is 0.478 e. The monoisotopic (exact) mass is 276 g/mol. The number of carbonyl (C=O) groups is 1. The molecule has 64 valence electrons. The first-order chi connectivity index (χ1) is 5.66. The van der Waals surface area contributed by atoms with Gasteiger partial charge in [-0.3, -0.25) is 0 Å². The Morgan fingerprint density at radius 3 is 2.00 bits per heavy atom. The summed E-state index contributed by atoms with van der Waals surface area (Å²) in [5.41, 5.74) is 0. The Balaban J connectivity index is 0.000000217. The predicted octanol–water partition coefficient (Wildman–Crippen LogP) is 2.55. The van der Waals surface area contributed by atoms with Crippen LogP contribution in [0.25, 0.3) is 0 Å². The number of rotatable bonds is 1. The van der Waals surface area contributed by atoms with Crippen molar-refractivity contribution in [2.75, 3.05) is 0 Å². The highest BCUT2D eigenvalue weighted by Gasteiger charge is 1.74. The van der Waals surface area contributed by atoms with E-state index in [9.17, 15) is 4.79 Å². The summed E-state index contributed by atoms with van der Waals surface area (Å²) in [6, 6.07) is 10.2. The van der Waals surface area contributed by atoms with E-state index in [1.165, 1.54) is 3.57 Å². The second-order valence-corrected chi connectivity index (χ2v) is 3.08. The van der Waals surface area contributed by atoms with Crippen molar-refractivity contribution >= 4 is 28.6 Å². The van der Waals surface area contributed by atoms with Crippen molar-refractivity contribution in [1.82, 2.24) is 0 Å². The number of hydrogen-bond acceptors (Lipinski definition) is 1. The molecule has 0 aliphatic rings. The van der Waals surface area contributed by atoms with Crippen LogP contribution < -0.4 is 0 Å². The van der Waals surface area contributed by atoms with E-state index in [1.54, 1.807) is 0 Å². The SMILES string of the molecule is C=CC(=O)O.Ic1ccccc1. The van der Waals surface area contributed by atoms with Gasteiger partial charge < -0.3 is 5.11 Å². The van der Waals surface area contributed by atoms with Crippen molar-refractivity contribution < 1.29 is 9.90 Å². The molecule has 2 nitrogen and oxygen atoms in total. The Bertz CT molecular complexity index is 244. The van der Waals surface area contributed by atoms with Crippen LogP contribution in [0.4, 0.5) is 0 Å². The summed E-state index contributed by atoms with van der Waals surface area (Å²) in [5, 5.41) is 7.60. The minimum Gasteiger partial charge on any atom is -0.478 e. The number of aliphatic carboxylic acids is 1. The van der Waals surface area contributed by atoms with Gasteiger partial charge in [0.25, 0.3) is 0 Å². The quantitative estimate of drug-likeness (QED) is 0.632. The molecule has 0 aliphatic heterocycles. The number of carboxylic acids is 1. The minimum absolute atomic E-state index is 0.833. The standard InChI is InChI=1S/C6H5I.C3H4O2/c7-6-4-2-1-3-5-6;1-2-3(4)5/h1-5H;2H,1H2,(H,4,5). The second kappa shape index (κ2) is 6.84. The van der Waals surface area contributed by atoms with E-state index in [4.69, 9.17) is 5.11 Å². The first-order valence-corrected chi connectivity index (χ1v) is 4.30. The zero-order chi connectivity index (χ0) is 9.40. The van der Waals surface area contributed by atoms with Gasteiger partial charge >= 0.3 is 5.97 Å². The smallest absolute Gasteiger partial charge is 0.327 e. The normalized spacial score (nSPS) is 7.75. The van der Waals surface area contributed by atoms with Gasteiger partial charge in [-0.1, -0.05) is 24.8 Å². The Labute approximate surface area is 85.1 Å². The van der Waals surface area contributed by atoms with E-state index >= 15 is 0 Å². The first-order valence-electron chi connectivity index (χ1n) is 3.22. The Morgan fingerprint density at radius 1 is 1.42 bits per heavy atom. The summed E-state index contributed by atoms with van der Waals surface area (Å²) in [6.45, 7) is 2.96. The number of benzene rings is 1. The van der Waals surface area contributed by atoms with Gasteiger partial charge in [-0.2, -0.15) is 0 Å². The van der Waals surface area contributed by atoms with Crippen LogP contribution in [-0.2, 0) is 4.79 Å². The summed E-state index contributed by atoms with van der Waals surface area (Å²) in [7, 11) is 0. The van der Waals surface area contributed by atoms with Crippen molar-refractivity contribution in [3.63, 3.8) is 0 Å². The van der Waals surface area contributed by atoms with Crippen molar-refractivity contribution in [1.29, 1.82) is 0 Å². The molecule has 0 bridgehead atoms. The van der Waals surface area contributed by atoms with Gasteiger partial charge in [0.15, 0.2) is 0 Å². The number of halogens is 1. The maximum absolute atomic E-state index is 9.25. The van der Waals surface area contributed by atoms with Gasteiger partial charge in [-0.25, -0.2) is 4.79 Å². The first kappa shape index (κ1) is 11.2. The maximum atomic E-state index is 9.25. The molecule has 0 aliphatic carbocycles. The molecule has 0 spiro atoms. The highest BCUT2D eigenvalue weighted by atomic mass is 127. The molecule has 1 aromatic rings. The van der Waals surface area contributed by atoms with Crippen molar-refractivity contribution in [3.05, 3.63) is 46.6 Å². The van der Waals surface area contributed by atoms with Gasteiger partial charge in [-0.05, 0) is 34.7 Å². The van der Waals surface area contributed by atoms with Gasteiger partial charge in [0.05, 0.1) is 0 Å². The molecule has 0 unspecified atom stereocenters. The highest BCUT2D eigenvalue weighted by molar-refractivity contribution is 14.1. The zero-order valence-electron chi connectivity index (χ0n) is 6.40. The van der Waals surface area contributed by atoms with E-state index in [0.29, 0.717) is 0 Å². The molecular weight excluding hydrogens is 267 g/mol. The number of carboxylic acid groups (broad SMARTS) is 1. The van der Waals surface area contributed by atoms with Crippen molar-refractivity contribution in [2.45, 2.75) is 0 Å². The summed E-state index contributed by atoms with van der Waals surface area (Å²) >= 11 is 2.28. The molecule has 12 heavy (non-hydrogen) atoms. The van der Waals surface area contributed by atoms with Crippen LogP contribution in [0.2, 0.25) is 0 Å². The van der Waals surface area contributed by atoms with E-state index in [0.717, 1.165) is 6.08 Å². The summed E-state index contributed by atoms with van der Waals surface area (Å²) < 4.78 is 1.29. The lowest BCUT2D eigenvalue weighted by Gasteiger charge is -1.80. The third kappa shape index (κ3) is 7.27. The van der Waals surface area contributed by atoms with Gasteiger partial charge in [0, 0.05) is 9.65 Å². The number of hydrogen-bond donors (Lipinski definition) is 1. The van der Waals surface area contributed by atoms with Crippen molar-refractivity contribution in [2.24, 2.45) is 0 Å². The zero-order valence-corrected chi connectivity index (χ0v) is 8.56. The molecule has 1 aromatic carbocycles. The van der Waals surface area contributed by atoms with Crippen LogP contribution in [0.1, 0.15) is 0 Å². The lowest BCUT2D eigenvalue weighted by Crippen LogP contribution is -1.82. The van der Waals surface area contributed by atoms with Crippen LogP contribution in [0, 0.1) is 3.57 Å². The second-order valence-electron chi connectivity index (χ2n) is 1.84. The highest BCUT2D eigenvalue weighted by Crippen LogP contribution is 1.99. The molecule has 1 N–H and O–H groups in total. The molecular formula is C9H9IO2. The summed E-state index contributed by atoms with van der Waals surface area (Å²) in [4.78, 5) is 9.25. The Hall–Kier alpha value is -0.840. The van der Waals surface area contributed by atoms with Crippen LogP contribution in [0.15, 0.2) is 43.0 Å². The molecule has 0 aromatic heterocycles. The van der Waals surface area contributed by atoms with Gasteiger partial charge in [-0.15, -0.1) is 0 Å². The third-order valence-electron chi connectivity index (χ3n) is 0.908. The fraction of sp³-hybridized carbons (Fsp3) is 0. The lowest BCUT2D eigenvalue weighted by molar-refractivity contribution is -0.131. The van der Waals surface area contributed by atoms with Gasteiger partial charge in [0.2, 0.25) is 0 Å². The molecule has 0 saturated heterocycles. The van der Waals surface area contributed by atoms with Gasteiger partial charge in [0.1, 0.15) is 0 Å². The molecule has 0 amide bonds. The Kier molecular flexibility index (Phi) is 6.37. The average Bonchev–Trinajstić information content (AvgIpc) is 2.07. The van der Waals surface area contributed by atoms with Crippen LogP contribution >= 0.6 is 22.6 Å². The van der Waals surface area contributed by atoms with E-state index in [-0.39, 0.29) is 0 Å². The van der Waals surface area contributed by atoms with E-state index < -0.39 is 5.97 Å². The molecule has 0 heterocycles. The Morgan fingerprint density at radius 2 is 1.83 bits per heavy atom. The minimum atomic E-state index is -0.981. The summed E-state index contributed by atoms with van der Waals surface area (Å²) in [6.07, 6.45) is 0.833. The van der Waals surface area contributed by atoms with Crippen LogP contribution in [-0.4, -0.2) is 11.1 Å². The fourth-order valence-corrected chi connectivity index (χ4v) is 0.830. The topological polar surface area (TPSA) is 37.3 Å². The maximum Gasteiger partial charge on any atom is 0.327 e. The fourth-order valence-electron chi connectivity index (χ4n) is 0.415. The predicted molar refractivity (Wildman–Crippen MR) is 57.0 cm³/mol. The van der Waals surface area contributed by atoms with Crippen molar-refractivity contribution in [3.8, 4) is 0 Å². The van der Waals surface area contributed by atoms with E-state index in [1.807, 2.05) is 18.2 Å². The van der Waals surface area contributed by atoms with E-state index in [2.05, 4.69) is 41.3 Å². The van der Waals surface area contributed by atoms with Crippen LogP contribution in [0.3, 0.4) is 0 Å². The third-order valence-corrected chi connectivity index (χ3v) is 1.63.